The highest BCUT2D eigenvalue weighted by molar-refractivity contribution is 7.89. The molecule has 0 aliphatic rings. The summed E-state index contributed by atoms with van der Waals surface area (Å²) in [7, 11) is -3.56. The molecule has 7 heteroatoms. The van der Waals surface area contributed by atoms with Crippen LogP contribution in [0, 0.1) is 5.82 Å². The molecule has 0 fully saturated rings. The van der Waals surface area contributed by atoms with Gasteiger partial charge >= 0.3 is 0 Å². The molecular weight excluding hydrogens is 355 g/mol. The first kappa shape index (κ1) is 20.1. The van der Waals surface area contributed by atoms with E-state index in [0.29, 0.717) is 30.6 Å². The van der Waals surface area contributed by atoms with Crippen LogP contribution < -0.4 is 10.0 Å². The van der Waals surface area contributed by atoms with E-state index >= 15 is 0 Å². The van der Waals surface area contributed by atoms with Crippen molar-refractivity contribution in [2.45, 2.75) is 31.1 Å². The zero-order valence-electron chi connectivity index (χ0n) is 14.7. The third-order valence-corrected chi connectivity index (χ3v) is 5.36. The highest BCUT2D eigenvalue weighted by Crippen LogP contribution is 2.11. The molecule has 26 heavy (non-hydrogen) atoms. The molecule has 5 nitrogen and oxygen atoms in total. The fourth-order valence-electron chi connectivity index (χ4n) is 2.37. The normalized spacial score (nSPS) is 11.3. The summed E-state index contributed by atoms with van der Waals surface area (Å²) in [5.74, 6) is -0.629. The molecule has 2 rings (SSSR count). The third-order valence-electron chi connectivity index (χ3n) is 3.89. The van der Waals surface area contributed by atoms with Crippen molar-refractivity contribution in [3.05, 3.63) is 65.5 Å². The summed E-state index contributed by atoms with van der Waals surface area (Å²) in [4.78, 5) is 12.2. The second kappa shape index (κ2) is 9.45. The minimum absolute atomic E-state index is 0.122. The molecule has 140 valence electrons. The maximum atomic E-state index is 13.5. The fourth-order valence-corrected chi connectivity index (χ4v) is 3.44. The SMILES string of the molecule is CCCCNS(=O)(=O)c1ccc(C(=O)NCCc2ccccc2F)cc1. The van der Waals surface area contributed by atoms with Gasteiger partial charge in [-0.25, -0.2) is 17.5 Å². The lowest BCUT2D eigenvalue weighted by atomic mass is 10.1. The highest BCUT2D eigenvalue weighted by Gasteiger charge is 2.14. The Labute approximate surface area is 153 Å². The molecule has 2 N–H and O–H groups in total. The molecule has 0 aliphatic heterocycles. The quantitative estimate of drug-likeness (QED) is 0.659. The molecule has 0 spiro atoms. The molecule has 0 unspecified atom stereocenters. The van der Waals surface area contributed by atoms with Crippen molar-refractivity contribution in [3.8, 4) is 0 Å². The van der Waals surface area contributed by atoms with E-state index in [9.17, 15) is 17.6 Å². The van der Waals surface area contributed by atoms with Crippen LogP contribution in [0.3, 0.4) is 0 Å². The summed E-state index contributed by atoms with van der Waals surface area (Å²) in [6, 6.07) is 12.1. The Bertz CT molecular complexity index is 836. The Morgan fingerprint density at radius 1 is 1.04 bits per heavy atom. The van der Waals surface area contributed by atoms with E-state index in [0.717, 1.165) is 12.8 Å². The van der Waals surface area contributed by atoms with Crippen molar-refractivity contribution in [2.75, 3.05) is 13.1 Å². The number of hydrogen-bond acceptors (Lipinski definition) is 3. The highest BCUT2D eigenvalue weighted by atomic mass is 32.2. The molecule has 0 saturated carbocycles. The molecule has 0 radical (unpaired) electrons. The Morgan fingerprint density at radius 2 is 1.73 bits per heavy atom. The van der Waals surface area contributed by atoms with E-state index < -0.39 is 10.0 Å². The largest absolute Gasteiger partial charge is 0.352 e. The Kier molecular flexibility index (Phi) is 7.29. The summed E-state index contributed by atoms with van der Waals surface area (Å²) < 4.78 is 40.3. The van der Waals surface area contributed by atoms with Crippen molar-refractivity contribution in [2.24, 2.45) is 0 Å². The minimum atomic E-state index is -3.56. The van der Waals surface area contributed by atoms with Crippen LogP contribution in [0.5, 0.6) is 0 Å². The lowest BCUT2D eigenvalue weighted by molar-refractivity contribution is 0.0954. The Hall–Kier alpha value is -2.25. The third kappa shape index (κ3) is 5.64. The second-order valence-corrected chi connectivity index (χ2v) is 7.64. The lowest BCUT2D eigenvalue weighted by Crippen LogP contribution is -2.26. The zero-order chi connectivity index (χ0) is 19.0. The Balaban J connectivity index is 1.91. The number of rotatable bonds is 9. The van der Waals surface area contributed by atoms with Gasteiger partial charge in [-0.2, -0.15) is 0 Å². The standard InChI is InChI=1S/C19H23FN2O3S/c1-2-3-13-22-26(24,25)17-10-8-16(9-11-17)19(23)21-14-12-15-6-4-5-7-18(15)20/h4-11,22H,2-3,12-14H2,1H3,(H,21,23). The Morgan fingerprint density at radius 3 is 2.38 bits per heavy atom. The van der Waals surface area contributed by atoms with E-state index in [2.05, 4.69) is 10.0 Å². The molecule has 2 aromatic rings. The van der Waals surface area contributed by atoms with Crippen LogP contribution in [-0.4, -0.2) is 27.4 Å². The summed E-state index contributed by atoms with van der Waals surface area (Å²) in [5.41, 5.74) is 0.887. The van der Waals surface area contributed by atoms with Crippen LogP contribution in [-0.2, 0) is 16.4 Å². The van der Waals surface area contributed by atoms with Crippen LogP contribution in [0.1, 0.15) is 35.7 Å². The van der Waals surface area contributed by atoms with Crippen molar-refractivity contribution in [1.29, 1.82) is 0 Å². The van der Waals surface area contributed by atoms with Gasteiger partial charge in [-0.15, -0.1) is 0 Å². The van der Waals surface area contributed by atoms with Gasteiger partial charge < -0.3 is 5.32 Å². The van der Waals surface area contributed by atoms with E-state index in [4.69, 9.17) is 0 Å². The number of benzene rings is 2. The van der Waals surface area contributed by atoms with Crippen molar-refractivity contribution in [1.82, 2.24) is 10.0 Å². The van der Waals surface area contributed by atoms with Gasteiger partial charge in [-0.1, -0.05) is 31.5 Å². The fraction of sp³-hybridized carbons (Fsp3) is 0.316. The molecule has 0 atom stereocenters. The first-order valence-electron chi connectivity index (χ1n) is 8.55. The summed E-state index contributed by atoms with van der Waals surface area (Å²) in [5, 5.41) is 2.70. The maximum Gasteiger partial charge on any atom is 0.251 e. The average Bonchev–Trinajstić information content (AvgIpc) is 2.63. The number of amides is 1. The number of sulfonamides is 1. The first-order chi connectivity index (χ1) is 12.4. The van der Waals surface area contributed by atoms with E-state index in [-0.39, 0.29) is 16.6 Å². The van der Waals surface area contributed by atoms with Gasteiger partial charge in [0.15, 0.2) is 0 Å². The van der Waals surface area contributed by atoms with Crippen LogP contribution >= 0.6 is 0 Å². The second-order valence-electron chi connectivity index (χ2n) is 5.87. The number of carbonyl (C=O) groups excluding carboxylic acids is 1. The van der Waals surface area contributed by atoms with Gasteiger partial charge in [0, 0.05) is 18.7 Å². The van der Waals surface area contributed by atoms with Gasteiger partial charge in [-0.05, 0) is 48.7 Å². The van der Waals surface area contributed by atoms with Gasteiger partial charge in [0.1, 0.15) is 5.82 Å². The molecular formula is C19H23FN2O3S. The van der Waals surface area contributed by atoms with Crippen LogP contribution in [0.15, 0.2) is 53.4 Å². The predicted octanol–water partition coefficient (Wildman–Crippen LogP) is 2.88. The minimum Gasteiger partial charge on any atom is -0.352 e. The van der Waals surface area contributed by atoms with E-state index in [1.807, 2.05) is 6.92 Å². The smallest absolute Gasteiger partial charge is 0.251 e. The zero-order valence-corrected chi connectivity index (χ0v) is 15.5. The lowest BCUT2D eigenvalue weighted by Gasteiger charge is -2.08. The molecule has 0 aromatic heterocycles. The number of carbonyl (C=O) groups is 1. The van der Waals surface area contributed by atoms with Crippen LogP contribution in [0.2, 0.25) is 0 Å². The summed E-state index contributed by atoms with van der Waals surface area (Å²) in [6.07, 6.45) is 2.04. The van der Waals surface area contributed by atoms with Gasteiger partial charge in [0.2, 0.25) is 10.0 Å². The van der Waals surface area contributed by atoms with Crippen LogP contribution in [0.4, 0.5) is 4.39 Å². The van der Waals surface area contributed by atoms with Crippen molar-refractivity contribution >= 4 is 15.9 Å². The van der Waals surface area contributed by atoms with Gasteiger partial charge in [0.25, 0.3) is 5.91 Å². The predicted molar refractivity (Wildman–Crippen MR) is 99.0 cm³/mol. The average molecular weight is 378 g/mol. The molecule has 0 aliphatic carbocycles. The number of hydrogen-bond donors (Lipinski definition) is 2. The summed E-state index contributed by atoms with van der Waals surface area (Å²) >= 11 is 0. The molecule has 0 heterocycles. The number of nitrogens with one attached hydrogen (secondary N) is 2. The number of halogens is 1. The molecule has 1 amide bonds. The molecule has 0 bridgehead atoms. The monoisotopic (exact) mass is 378 g/mol. The van der Waals surface area contributed by atoms with E-state index in [1.54, 1.807) is 18.2 Å². The topological polar surface area (TPSA) is 75.3 Å². The first-order valence-corrected chi connectivity index (χ1v) is 10.0. The van der Waals surface area contributed by atoms with E-state index in [1.165, 1.54) is 30.3 Å². The molecule has 0 saturated heterocycles. The summed E-state index contributed by atoms with van der Waals surface area (Å²) in [6.45, 7) is 2.66. The maximum absolute atomic E-state index is 13.5. The van der Waals surface area contributed by atoms with Gasteiger partial charge in [-0.3, -0.25) is 4.79 Å². The van der Waals surface area contributed by atoms with Crippen molar-refractivity contribution in [3.63, 3.8) is 0 Å². The van der Waals surface area contributed by atoms with Crippen LogP contribution in [0.25, 0.3) is 0 Å². The van der Waals surface area contributed by atoms with Gasteiger partial charge in [0.05, 0.1) is 4.90 Å². The number of unbranched alkanes of at least 4 members (excludes halogenated alkanes) is 1. The molecule has 2 aromatic carbocycles. The van der Waals surface area contributed by atoms with Crippen molar-refractivity contribution < 1.29 is 17.6 Å².